The normalized spacial score (nSPS) is 10.4. The molecule has 0 saturated carbocycles. The summed E-state index contributed by atoms with van der Waals surface area (Å²) in [6.07, 6.45) is 0. The number of ether oxygens (including phenoxy) is 2. The maximum Gasteiger partial charge on any atom is 0.277 e. The van der Waals surface area contributed by atoms with Gasteiger partial charge in [-0.05, 0) is 36.4 Å². The van der Waals surface area contributed by atoms with Crippen LogP contribution in [0.25, 0.3) is 11.5 Å². The van der Waals surface area contributed by atoms with Crippen LogP contribution in [-0.2, 0) is 4.79 Å². The second kappa shape index (κ2) is 9.99. The van der Waals surface area contributed by atoms with E-state index < -0.39 is 11.8 Å². The number of thioether (sulfide) groups is 1. The van der Waals surface area contributed by atoms with Gasteiger partial charge in [0.25, 0.3) is 11.1 Å². The van der Waals surface area contributed by atoms with Gasteiger partial charge < -0.3 is 13.9 Å². The van der Waals surface area contributed by atoms with E-state index in [4.69, 9.17) is 25.5 Å². The van der Waals surface area contributed by atoms with Gasteiger partial charge in [0.2, 0.25) is 11.8 Å². The minimum absolute atomic E-state index is 0.0377. The molecule has 3 aromatic rings. The fourth-order valence-electron chi connectivity index (χ4n) is 2.28. The molecule has 11 heteroatoms. The Hall–Kier alpha value is -3.24. The van der Waals surface area contributed by atoms with Crippen LogP contribution in [-0.4, -0.2) is 42.0 Å². The van der Waals surface area contributed by atoms with Crippen molar-refractivity contribution in [3.8, 4) is 23.0 Å². The van der Waals surface area contributed by atoms with Crippen LogP contribution in [0.1, 0.15) is 10.4 Å². The molecule has 0 saturated heterocycles. The van der Waals surface area contributed by atoms with Gasteiger partial charge in [0, 0.05) is 22.2 Å². The van der Waals surface area contributed by atoms with Crippen molar-refractivity contribution in [2.75, 3.05) is 20.0 Å². The summed E-state index contributed by atoms with van der Waals surface area (Å²) in [5, 5.41) is 8.60. The minimum atomic E-state index is -0.461. The van der Waals surface area contributed by atoms with Gasteiger partial charge in [0.05, 0.1) is 20.0 Å². The Labute approximate surface area is 181 Å². The quantitative estimate of drug-likeness (QED) is 0.418. The van der Waals surface area contributed by atoms with E-state index in [0.717, 1.165) is 11.8 Å². The lowest BCUT2D eigenvalue weighted by molar-refractivity contribution is -0.119. The number of hydrazine groups is 1. The van der Waals surface area contributed by atoms with E-state index in [1.165, 1.54) is 14.2 Å². The first-order valence-corrected chi connectivity index (χ1v) is 9.89. The highest BCUT2D eigenvalue weighted by Crippen LogP contribution is 2.30. The van der Waals surface area contributed by atoms with Crippen molar-refractivity contribution >= 4 is 35.2 Å². The van der Waals surface area contributed by atoms with E-state index in [9.17, 15) is 9.59 Å². The number of carbonyl (C=O) groups is 2. The predicted molar refractivity (Wildman–Crippen MR) is 111 cm³/mol. The highest BCUT2D eigenvalue weighted by molar-refractivity contribution is 7.99. The number of halogens is 1. The summed E-state index contributed by atoms with van der Waals surface area (Å²) in [6.45, 7) is 0. The topological polar surface area (TPSA) is 116 Å². The van der Waals surface area contributed by atoms with Crippen molar-refractivity contribution in [1.82, 2.24) is 21.0 Å². The number of carbonyl (C=O) groups excluding carboxylic acids is 2. The molecule has 0 radical (unpaired) electrons. The Morgan fingerprint density at radius 2 is 1.70 bits per heavy atom. The standard InChI is InChI=1S/C19H17ClN4O5S/c1-27-14-7-12(8-15(9-14)28-2)18-23-24-19(29-18)30-10-16(25)21-22-17(26)11-3-5-13(20)6-4-11/h3-9H,10H2,1-2H3,(H,21,25)(H,22,26). The third kappa shape index (κ3) is 5.65. The number of amides is 2. The molecule has 0 spiro atoms. The Morgan fingerprint density at radius 1 is 1.03 bits per heavy atom. The smallest absolute Gasteiger partial charge is 0.277 e. The first kappa shape index (κ1) is 21.5. The molecule has 156 valence electrons. The molecule has 0 aliphatic rings. The first-order chi connectivity index (χ1) is 14.5. The highest BCUT2D eigenvalue weighted by atomic mass is 35.5. The van der Waals surface area contributed by atoms with Gasteiger partial charge in [0.15, 0.2) is 0 Å². The van der Waals surface area contributed by atoms with E-state index in [2.05, 4.69) is 21.0 Å². The van der Waals surface area contributed by atoms with Gasteiger partial charge in [-0.15, -0.1) is 10.2 Å². The van der Waals surface area contributed by atoms with Crippen molar-refractivity contribution in [2.24, 2.45) is 0 Å². The van der Waals surface area contributed by atoms with Crippen LogP contribution < -0.4 is 20.3 Å². The van der Waals surface area contributed by atoms with E-state index in [1.807, 2.05) is 0 Å². The molecular weight excluding hydrogens is 432 g/mol. The average molecular weight is 449 g/mol. The zero-order chi connectivity index (χ0) is 21.5. The number of nitrogens with one attached hydrogen (secondary N) is 2. The Bertz CT molecular complexity index is 1020. The Kier molecular flexibility index (Phi) is 7.15. The molecule has 1 heterocycles. The van der Waals surface area contributed by atoms with Crippen molar-refractivity contribution in [2.45, 2.75) is 5.22 Å². The van der Waals surface area contributed by atoms with E-state index in [-0.39, 0.29) is 16.9 Å². The molecule has 30 heavy (non-hydrogen) atoms. The van der Waals surface area contributed by atoms with Crippen LogP contribution in [0, 0.1) is 0 Å². The lowest BCUT2D eigenvalue weighted by Crippen LogP contribution is -2.42. The molecule has 2 N–H and O–H groups in total. The van der Waals surface area contributed by atoms with Crippen LogP contribution in [0.15, 0.2) is 52.1 Å². The lowest BCUT2D eigenvalue weighted by Gasteiger charge is -2.06. The van der Waals surface area contributed by atoms with Crippen LogP contribution in [0.3, 0.4) is 0 Å². The molecule has 2 amide bonds. The molecule has 9 nitrogen and oxygen atoms in total. The number of hydrogen-bond donors (Lipinski definition) is 2. The average Bonchev–Trinajstić information content (AvgIpc) is 3.25. The second-order valence-electron chi connectivity index (χ2n) is 5.77. The van der Waals surface area contributed by atoms with Crippen molar-refractivity contribution in [3.63, 3.8) is 0 Å². The van der Waals surface area contributed by atoms with Crippen LogP contribution >= 0.6 is 23.4 Å². The predicted octanol–water partition coefficient (Wildman–Crippen LogP) is 2.96. The van der Waals surface area contributed by atoms with E-state index in [1.54, 1.807) is 42.5 Å². The number of methoxy groups -OCH3 is 2. The summed E-state index contributed by atoms with van der Waals surface area (Å²) >= 11 is 6.81. The van der Waals surface area contributed by atoms with Crippen molar-refractivity contribution in [1.29, 1.82) is 0 Å². The summed E-state index contributed by atoms with van der Waals surface area (Å²) < 4.78 is 16.0. The summed E-state index contributed by atoms with van der Waals surface area (Å²) in [5.41, 5.74) is 5.62. The summed E-state index contributed by atoms with van der Waals surface area (Å²) in [4.78, 5) is 23.9. The van der Waals surface area contributed by atoms with Gasteiger partial charge in [-0.25, -0.2) is 0 Å². The molecule has 0 unspecified atom stereocenters. The van der Waals surface area contributed by atoms with E-state index >= 15 is 0 Å². The molecule has 0 aliphatic carbocycles. The number of hydrogen-bond acceptors (Lipinski definition) is 8. The fourth-order valence-corrected chi connectivity index (χ4v) is 2.97. The molecule has 0 aliphatic heterocycles. The number of benzene rings is 2. The zero-order valence-corrected chi connectivity index (χ0v) is 17.5. The molecule has 2 aromatic carbocycles. The molecule has 0 bridgehead atoms. The molecular formula is C19H17ClN4O5S. The fraction of sp³-hybridized carbons (Fsp3) is 0.158. The third-order valence-electron chi connectivity index (χ3n) is 3.75. The number of rotatable bonds is 7. The second-order valence-corrected chi connectivity index (χ2v) is 7.14. The van der Waals surface area contributed by atoms with Gasteiger partial charge in [-0.3, -0.25) is 20.4 Å². The van der Waals surface area contributed by atoms with Gasteiger partial charge in [0.1, 0.15) is 11.5 Å². The summed E-state index contributed by atoms with van der Waals surface area (Å²) in [7, 11) is 3.08. The SMILES string of the molecule is COc1cc(OC)cc(-c2nnc(SCC(=O)NNC(=O)c3ccc(Cl)cc3)o2)c1. The molecule has 3 rings (SSSR count). The van der Waals surface area contributed by atoms with Crippen LogP contribution in [0.2, 0.25) is 5.02 Å². The third-order valence-corrected chi connectivity index (χ3v) is 4.82. The maximum atomic E-state index is 12.0. The molecule has 0 atom stereocenters. The summed E-state index contributed by atoms with van der Waals surface area (Å²) in [5.74, 6) is 0.470. The lowest BCUT2D eigenvalue weighted by atomic mass is 10.2. The highest BCUT2D eigenvalue weighted by Gasteiger charge is 2.14. The van der Waals surface area contributed by atoms with Crippen molar-refractivity contribution < 1.29 is 23.5 Å². The Morgan fingerprint density at radius 3 is 2.33 bits per heavy atom. The van der Waals surface area contributed by atoms with Crippen LogP contribution in [0.4, 0.5) is 0 Å². The molecule has 0 fully saturated rings. The largest absolute Gasteiger partial charge is 0.497 e. The van der Waals surface area contributed by atoms with Crippen molar-refractivity contribution in [3.05, 3.63) is 53.1 Å². The van der Waals surface area contributed by atoms with Gasteiger partial charge in [-0.2, -0.15) is 0 Å². The maximum absolute atomic E-state index is 12.0. The van der Waals surface area contributed by atoms with Gasteiger partial charge >= 0.3 is 0 Å². The first-order valence-electron chi connectivity index (χ1n) is 8.53. The monoisotopic (exact) mass is 448 g/mol. The van der Waals surface area contributed by atoms with E-state index in [0.29, 0.717) is 27.6 Å². The molecule has 1 aromatic heterocycles. The summed E-state index contributed by atoms with van der Waals surface area (Å²) in [6, 6.07) is 11.4. The number of aromatic nitrogens is 2. The zero-order valence-electron chi connectivity index (χ0n) is 16.0. The Balaban J connectivity index is 1.53. The minimum Gasteiger partial charge on any atom is -0.497 e. The van der Waals surface area contributed by atoms with Crippen LogP contribution in [0.5, 0.6) is 11.5 Å². The number of nitrogens with zero attached hydrogens (tertiary/aromatic N) is 2. The van der Waals surface area contributed by atoms with Gasteiger partial charge in [-0.1, -0.05) is 23.4 Å².